The minimum Gasteiger partial charge on any atom is -0.394 e. The van der Waals surface area contributed by atoms with Gasteiger partial charge >= 0.3 is 0 Å². The van der Waals surface area contributed by atoms with Gasteiger partial charge in [-0.25, -0.2) is 18.1 Å². The van der Waals surface area contributed by atoms with E-state index in [1.54, 1.807) is 19.2 Å². The van der Waals surface area contributed by atoms with Crippen molar-refractivity contribution < 1.29 is 23.1 Å². The Hall–Kier alpha value is -2.73. The van der Waals surface area contributed by atoms with Crippen molar-refractivity contribution in [2.24, 2.45) is 7.05 Å². The third-order valence-corrected chi connectivity index (χ3v) is 7.18. The van der Waals surface area contributed by atoms with E-state index in [9.17, 15) is 18.3 Å². The number of piperazine rings is 1. The number of aromatic nitrogens is 2. The molecule has 33 heavy (non-hydrogen) atoms. The highest BCUT2D eigenvalue weighted by atomic mass is 32.2. The molecule has 0 aliphatic carbocycles. The van der Waals surface area contributed by atoms with Crippen LogP contribution >= 0.6 is 0 Å². The molecule has 3 atom stereocenters. The second kappa shape index (κ2) is 10.0. The van der Waals surface area contributed by atoms with Gasteiger partial charge in [0.25, 0.3) is 10.0 Å². The van der Waals surface area contributed by atoms with E-state index in [4.69, 9.17) is 4.74 Å². The molecule has 10 nitrogen and oxygen atoms in total. The van der Waals surface area contributed by atoms with Gasteiger partial charge in [0.15, 0.2) is 5.03 Å². The molecule has 3 heterocycles. The van der Waals surface area contributed by atoms with Crippen LogP contribution in [-0.2, 0) is 26.6 Å². The number of para-hydroxylation sites is 1. The summed E-state index contributed by atoms with van der Waals surface area (Å²) >= 11 is 0. The molecule has 1 fully saturated rings. The third kappa shape index (κ3) is 5.61. The van der Waals surface area contributed by atoms with Crippen molar-refractivity contribution in [3.63, 3.8) is 0 Å². The molecule has 4 rings (SSSR count). The number of aliphatic hydroxyl groups excluding tert-OH is 1. The zero-order valence-electron chi connectivity index (χ0n) is 18.4. The number of ether oxygens (including phenoxy) is 1. The van der Waals surface area contributed by atoms with E-state index < -0.39 is 28.3 Å². The molecule has 1 amide bonds. The molecule has 0 unspecified atom stereocenters. The molecule has 2 aromatic rings. The Morgan fingerprint density at radius 3 is 2.55 bits per heavy atom. The first-order valence-corrected chi connectivity index (χ1v) is 12.4. The number of aryl methyl sites for hydroxylation is 1. The van der Waals surface area contributed by atoms with E-state index in [1.807, 2.05) is 23.1 Å². The predicted octanol–water partition coefficient (Wildman–Crippen LogP) is 0.122. The van der Waals surface area contributed by atoms with Gasteiger partial charge in [-0.2, -0.15) is 0 Å². The fraction of sp³-hybridized carbons (Fsp3) is 0.455. The summed E-state index contributed by atoms with van der Waals surface area (Å²) in [6.07, 6.45) is 4.90. The predicted molar refractivity (Wildman–Crippen MR) is 122 cm³/mol. The van der Waals surface area contributed by atoms with Gasteiger partial charge in [0.2, 0.25) is 5.91 Å². The van der Waals surface area contributed by atoms with Gasteiger partial charge in [0.05, 0.1) is 31.5 Å². The monoisotopic (exact) mass is 475 g/mol. The van der Waals surface area contributed by atoms with Crippen molar-refractivity contribution in [3.05, 3.63) is 55.0 Å². The molecule has 0 radical (unpaired) electrons. The molecule has 2 N–H and O–H groups in total. The average Bonchev–Trinajstić information content (AvgIpc) is 3.28. The number of anilines is 1. The molecule has 1 aromatic heterocycles. The number of benzene rings is 1. The summed E-state index contributed by atoms with van der Waals surface area (Å²) in [5, 5.41) is 9.65. The Morgan fingerprint density at radius 1 is 1.18 bits per heavy atom. The number of amides is 1. The highest BCUT2D eigenvalue weighted by Gasteiger charge is 2.33. The quantitative estimate of drug-likeness (QED) is 0.547. The van der Waals surface area contributed by atoms with Gasteiger partial charge in [0.1, 0.15) is 6.10 Å². The normalized spacial score (nSPS) is 23.6. The SMILES string of the molecule is Cn1cnc(S(=O)(=O)N[C@@H]2C=C[C@@H](CC(=O)N3CCN(c4ccccc4)CC3)O[C@H]2CO)c1. The van der Waals surface area contributed by atoms with Gasteiger partial charge in [-0.05, 0) is 12.1 Å². The van der Waals surface area contributed by atoms with Crippen LogP contribution in [0.2, 0.25) is 0 Å². The first-order valence-electron chi connectivity index (χ1n) is 10.9. The Balaban J connectivity index is 1.32. The average molecular weight is 476 g/mol. The van der Waals surface area contributed by atoms with Gasteiger partial charge in [0, 0.05) is 45.1 Å². The maximum Gasteiger partial charge on any atom is 0.260 e. The van der Waals surface area contributed by atoms with Crippen LogP contribution in [0.4, 0.5) is 5.69 Å². The molecule has 2 aliphatic heterocycles. The molecule has 178 valence electrons. The second-order valence-corrected chi connectivity index (χ2v) is 9.87. The van der Waals surface area contributed by atoms with E-state index in [0.717, 1.165) is 18.8 Å². The zero-order chi connectivity index (χ0) is 23.4. The third-order valence-electron chi connectivity index (χ3n) is 5.84. The number of rotatable bonds is 7. The molecule has 11 heteroatoms. The van der Waals surface area contributed by atoms with Crippen LogP contribution < -0.4 is 9.62 Å². The summed E-state index contributed by atoms with van der Waals surface area (Å²) < 4.78 is 35.0. The maximum atomic E-state index is 12.8. The summed E-state index contributed by atoms with van der Waals surface area (Å²) in [4.78, 5) is 20.7. The molecule has 0 spiro atoms. The summed E-state index contributed by atoms with van der Waals surface area (Å²) in [6, 6.07) is 9.34. The van der Waals surface area contributed by atoms with Crippen LogP contribution in [-0.4, -0.2) is 84.9 Å². The van der Waals surface area contributed by atoms with Gasteiger partial charge in [-0.3, -0.25) is 4.79 Å². The minimum atomic E-state index is -3.87. The maximum absolute atomic E-state index is 12.8. The highest BCUT2D eigenvalue weighted by molar-refractivity contribution is 7.89. The lowest BCUT2D eigenvalue weighted by molar-refractivity contribution is -0.135. The van der Waals surface area contributed by atoms with Crippen molar-refractivity contribution in [3.8, 4) is 0 Å². The van der Waals surface area contributed by atoms with Crippen LogP contribution in [0.3, 0.4) is 0 Å². The molecule has 2 aliphatic rings. The van der Waals surface area contributed by atoms with Gasteiger partial charge in [-0.1, -0.05) is 30.4 Å². The molecular formula is C22H29N5O5S. The number of nitrogens with one attached hydrogen (secondary N) is 1. The molecule has 0 saturated carbocycles. The van der Waals surface area contributed by atoms with E-state index in [-0.39, 0.29) is 24.0 Å². The number of imidazole rings is 1. The van der Waals surface area contributed by atoms with Crippen molar-refractivity contribution in [1.82, 2.24) is 19.2 Å². The molecule has 1 saturated heterocycles. The molecular weight excluding hydrogens is 446 g/mol. The fourth-order valence-corrected chi connectivity index (χ4v) is 5.23. The van der Waals surface area contributed by atoms with E-state index in [1.165, 1.54) is 17.1 Å². The van der Waals surface area contributed by atoms with Crippen LogP contribution in [0, 0.1) is 0 Å². The Bertz CT molecular complexity index is 1080. The zero-order valence-corrected chi connectivity index (χ0v) is 19.3. The number of hydrogen-bond donors (Lipinski definition) is 2. The molecule has 0 bridgehead atoms. The van der Waals surface area contributed by atoms with Gasteiger partial charge in [-0.15, -0.1) is 0 Å². The fourth-order valence-electron chi connectivity index (χ4n) is 4.03. The van der Waals surface area contributed by atoms with Crippen LogP contribution in [0.1, 0.15) is 6.42 Å². The highest BCUT2D eigenvalue weighted by Crippen LogP contribution is 2.20. The minimum absolute atomic E-state index is 0.0263. The second-order valence-electron chi connectivity index (χ2n) is 8.21. The number of carbonyl (C=O) groups is 1. The largest absolute Gasteiger partial charge is 0.394 e. The van der Waals surface area contributed by atoms with Crippen molar-refractivity contribution in [2.75, 3.05) is 37.7 Å². The van der Waals surface area contributed by atoms with Crippen molar-refractivity contribution in [1.29, 1.82) is 0 Å². The Morgan fingerprint density at radius 2 is 1.91 bits per heavy atom. The Labute approximate surface area is 193 Å². The van der Waals surface area contributed by atoms with Crippen molar-refractivity contribution >= 4 is 21.6 Å². The van der Waals surface area contributed by atoms with E-state index >= 15 is 0 Å². The smallest absolute Gasteiger partial charge is 0.260 e. The summed E-state index contributed by atoms with van der Waals surface area (Å²) in [5.74, 6) is -0.0263. The lowest BCUT2D eigenvalue weighted by atomic mass is 10.1. The summed E-state index contributed by atoms with van der Waals surface area (Å²) in [6.45, 7) is 2.38. The summed E-state index contributed by atoms with van der Waals surface area (Å²) in [5.41, 5.74) is 1.15. The lowest BCUT2D eigenvalue weighted by Gasteiger charge is -2.37. The number of aliphatic hydroxyl groups is 1. The van der Waals surface area contributed by atoms with Gasteiger partial charge < -0.3 is 24.2 Å². The van der Waals surface area contributed by atoms with E-state index in [0.29, 0.717) is 13.1 Å². The van der Waals surface area contributed by atoms with E-state index in [2.05, 4.69) is 26.7 Å². The molecule has 1 aromatic carbocycles. The first-order chi connectivity index (χ1) is 15.9. The first kappa shape index (κ1) is 23.4. The number of carbonyl (C=O) groups excluding carboxylic acids is 1. The summed E-state index contributed by atoms with van der Waals surface area (Å²) in [7, 11) is -2.20. The van der Waals surface area contributed by atoms with Crippen LogP contribution in [0.5, 0.6) is 0 Å². The Kier molecular flexibility index (Phi) is 7.13. The lowest BCUT2D eigenvalue weighted by Crippen LogP contribution is -2.51. The standard InChI is InChI=1S/C22H29N5O5S/c1-25-14-21(23-16-25)33(30,31)24-19-8-7-18(32-20(19)15-28)13-22(29)27-11-9-26(10-12-27)17-5-3-2-4-6-17/h2-8,14,16,18-20,24,28H,9-13,15H2,1H3/t18-,19+,20-/m0/s1. The number of sulfonamides is 1. The topological polar surface area (TPSA) is 117 Å². The number of nitrogens with zero attached hydrogens (tertiary/aromatic N) is 4. The van der Waals surface area contributed by atoms with Crippen LogP contribution in [0.15, 0.2) is 60.0 Å². The van der Waals surface area contributed by atoms with Crippen LogP contribution in [0.25, 0.3) is 0 Å². The number of hydrogen-bond acceptors (Lipinski definition) is 7. The van der Waals surface area contributed by atoms with Crippen molar-refractivity contribution in [2.45, 2.75) is 29.7 Å².